The van der Waals surface area contributed by atoms with E-state index in [9.17, 15) is 4.79 Å². The van der Waals surface area contributed by atoms with Crippen molar-refractivity contribution in [1.82, 2.24) is 4.57 Å². The van der Waals surface area contributed by atoms with E-state index in [4.69, 9.17) is 0 Å². The van der Waals surface area contributed by atoms with Gasteiger partial charge in [-0.1, -0.05) is 65.6 Å². The molecule has 0 saturated heterocycles. The van der Waals surface area contributed by atoms with Gasteiger partial charge >= 0.3 is 0 Å². The molecule has 0 N–H and O–H groups in total. The summed E-state index contributed by atoms with van der Waals surface area (Å²) in [6.45, 7) is 0.813. The number of fused-ring (bicyclic) bond motifs is 1. The van der Waals surface area contributed by atoms with Crippen molar-refractivity contribution in [3.05, 3.63) is 96.3 Å². The third-order valence-electron chi connectivity index (χ3n) is 5.12. The maximum atomic E-state index is 13.1. The summed E-state index contributed by atoms with van der Waals surface area (Å²) < 4.78 is 5.73. The number of rotatable bonds is 3. The van der Waals surface area contributed by atoms with E-state index < -0.39 is 0 Å². The topological polar surface area (TPSA) is 29.1 Å². The predicted octanol–water partition coefficient (Wildman–Crippen LogP) is 2.98. The summed E-state index contributed by atoms with van der Waals surface area (Å²) in [6, 6.07) is 18.7. The first-order valence-corrected chi connectivity index (χ1v) is 12.1. The van der Waals surface area contributed by atoms with Crippen LogP contribution in [0.5, 0.6) is 0 Å². The Hall–Kier alpha value is -2.61. The minimum atomic E-state index is 0.0552. The molecule has 1 aliphatic rings. The number of hydrogen-bond acceptors (Lipinski definition) is 5. The number of aromatic nitrogens is 2. The molecule has 0 atom stereocenters. The van der Waals surface area contributed by atoms with Gasteiger partial charge in [0.05, 0.1) is 17.1 Å². The summed E-state index contributed by atoms with van der Waals surface area (Å²) in [5.74, 6) is 0. The number of para-hydroxylation sites is 1. The lowest BCUT2D eigenvalue weighted by molar-refractivity contribution is -0.685. The lowest BCUT2D eigenvalue weighted by atomic mass is 10.2. The Bertz CT molecular complexity index is 1400. The highest BCUT2D eigenvalue weighted by molar-refractivity contribution is 8.08. The number of anilines is 1. The third kappa shape index (κ3) is 3.43. The molecule has 5 rings (SSSR count). The van der Waals surface area contributed by atoms with E-state index in [1.807, 2.05) is 32.3 Å². The lowest BCUT2D eigenvalue weighted by Gasteiger charge is -2.11. The number of thiazole rings is 2. The van der Waals surface area contributed by atoms with Crippen molar-refractivity contribution in [2.75, 3.05) is 11.9 Å². The highest BCUT2D eigenvalue weighted by atomic mass is 32.2. The van der Waals surface area contributed by atoms with Crippen molar-refractivity contribution in [2.45, 2.75) is 11.4 Å². The molecule has 3 heterocycles. The van der Waals surface area contributed by atoms with Crippen molar-refractivity contribution in [3.63, 3.8) is 0 Å². The van der Waals surface area contributed by atoms with E-state index in [-0.39, 0.29) is 5.56 Å². The van der Waals surface area contributed by atoms with Crippen LogP contribution in [0.1, 0.15) is 10.6 Å². The monoisotopic (exact) mass is 450 g/mol. The molecular weight excluding hydrogens is 430 g/mol. The molecule has 2 aromatic carbocycles. The Kier molecular flexibility index (Phi) is 5.10. The van der Waals surface area contributed by atoms with Crippen LogP contribution in [0, 0.1) is 0 Å². The van der Waals surface area contributed by atoms with E-state index in [0.717, 1.165) is 31.5 Å². The molecule has 0 aliphatic carbocycles. The second kappa shape index (κ2) is 7.91. The van der Waals surface area contributed by atoms with E-state index in [1.165, 1.54) is 10.5 Å². The number of nitrogens with zero attached hydrogens (tertiary/aromatic N) is 3. The van der Waals surface area contributed by atoms with Gasteiger partial charge in [-0.3, -0.25) is 4.79 Å². The molecule has 2 aromatic heterocycles. The molecule has 30 heavy (non-hydrogen) atoms. The van der Waals surface area contributed by atoms with Crippen LogP contribution in [0.25, 0.3) is 11.1 Å². The van der Waals surface area contributed by atoms with Crippen LogP contribution >= 0.6 is 34.4 Å². The van der Waals surface area contributed by atoms with E-state index in [0.29, 0.717) is 0 Å². The highest BCUT2D eigenvalue weighted by Gasteiger charge is 2.24. The fraction of sp³-hybridized carbons (Fsp3) is 0.130. The van der Waals surface area contributed by atoms with Crippen molar-refractivity contribution in [3.8, 4) is 0 Å². The molecule has 4 aromatic rings. The summed E-state index contributed by atoms with van der Waals surface area (Å²) in [4.78, 5) is 16.4. The normalized spacial score (nSPS) is 15.7. The number of benzene rings is 2. The van der Waals surface area contributed by atoms with Crippen molar-refractivity contribution in [1.29, 1.82) is 0 Å². The summed E-state index contributed by atoms with van der Waals surface area (Å²) in [5.41, 5.74) is 2.46. The van der Waals surface area contributed by atoms with E-state index in [1.54, 1.807) is 39.0 Å². The molecule has 0 amide bonds. The SMILES string of the molecule is CN1/C(=c2\s/c(=C\c3scc[n+]3Cc3ccccc3)n(C)c2=O)Sc2ccccc21. The third-order valence-corrected chi connectivity index (χ3v) is 8.51. The van der Waals surface area contributed by atoms with Crippen LogP contribution in [0.4, 0.5) is 5.69 Å². The van der Waals surface area contributed by atoms with Gasteiger partial charge in [0, 0.05) is 24.6 Å². The Morgan fingerprint density at radius 3 is 2.60 bits per heavy atom. The van der Waals surface area contributed by atoms with Crippen LogP contribution in [0.3, 0.4) is 0 Å². The van der Waals surface area contributed by atoms with Gasteiger partial charge in [0.15, 0.2) is 12.7 Å². The van der Waals surface area contributed by atoms with Gasteiger partial charge in [-0.05, 0) is 12.1 Å². The summed E-state index contributed by atoms with van der Waals surface area (Å²) in [5, 5.41) is 4.22. The second-order valence-corrected chi connectivity index (χ2v) is 10.1. The Labute approximate surface area is 186 Å². The van der Waals surface area contributed by atoms with Gasteiger partial charge in [-0.2, -0.15) is 4.57 Å². The zero-order chi connectivity index (χ0) is 20.7. The van der Waals surface area contributed by atoms with Gasteiger partial charge in [0.25, 0.3) is 10.6 Å². The summed E-state index contributed by atoms with van der Waals surface area (Å²) in [6.07, 6.45) is 4.22. The minimum Gasteiger partial charge on any atom is -0.337 e. The molecular formula is C23H20N3OS3+. The van der Waals surface area contributed by atoms with Gasteiger partial charge in [-0.25, -0.2) is 0 Å². The quantitative estimate of drug-likeness (QED) is 0.450. The average molecular weight is 451 g/mol. The summed E-state index contributed by atoms with van der Waals surface area (Å²) >= 11 is 4.92. The highest BCUT2D eigenvalue weighted by Crippen LogP contribution is 2.44. The zero-order valence-corrected chi connectivity index (χ0v) is 19.1. The largest absolute Gasteiger partial charge is 0.337 e. The fourth-order valence-corrected chi connectivity index (χ4v) is 6.72. The van der Waals surface area contributed by atoms with Crippen molar-refractivity contribution < 1.29 is 4.57 Å². The predicted molar refractivity (Wildman–Crippen MR) is 127 cm³/mol. The Morgan fingerprint density at radius 2 is 1.80 bits per heavy atom. The van der Waals surface area contributed by atoms with Crippen LogP contribution in [0.15, 0.2) is 75.9 Å². The maximum absolute atomic E-state index is 13.1. The molecule has 1 aliphatic heterocycles. The second-order valence-electron chi connectivity index (χ2n) is 7.07. The average Bonchev–Trinajstić information content (AvgIpc) is 3.42. The zero-order valence-electron chi connectivity index (χ0n) is 16.6. The van der Waals surface area contributed by atoms with Gasteiger partial charge in [-0.15, -0.1) is 11.3 Å². The van der Waals surface area contributed by atoms with Gasteiger partial charge in [0.1, 0.15) is 14.2 Å². The molecule has 0 bridgehead atoms. The molecule has 4 nitrogen and oxygen atoms in total. The molecule has 0 fully saturated rings. The number of thioether (sulfide) groups is 1. The van der Waals surface area contributed by atoms with E-state index in [2.05, 4.69) is 63.5 Å². The first-order chi connectivity index (χ1) is 14.6. The molecule has 0 spiro atoms. The summed E-state index contributed by atoms with van der Waals surface area (Å²) in [7, 11) is 3.89. The molecule has 0 radical (unpaired) electrons. The molecule has 150 valence electrons. The van der Waals surface area contributed by atoms with Crippen molar-refractivity contribution in [2.24, 2.45) is 7.05 Å². The van der Waals surface area contributed by atoms with Gasteiger partial charge < -0.3 is 9.47 Å². The molecule has 0 unspecified atom stereocenters. The standard InChI is InChI=1S/C23H20N3OS3/c1-24-17-10-6-7-11-18(17)29-23(24)21-22(27)25(2)19(30-21)14-20-26(12-13-28-20)15-16-8-4-3-5-9-16/h3-14H,15H2,1-2H3/q+1/b23-21+. The van der Waals surface area contributed by atoms with Crippen LogP contribution in [0.2, 0.25) is 0 Å². The van der Waals surface area contributed by atoms with E-state index >= 15 is 0 Å². The Balaban J connectivity index is 1.59. The lowest BCUT2D eigenvalue weighted by Crippen LogP contribution is -2.35. The Morgan fingerprint density at radius 1 is 1.03 bits per heavy atom. The van der Waals surface area contributed by atoms with Crippen LogP contribution in [-0.2, 0) is 13.6 Å². The minimum absolute atomic E-state index is 0.0552. The molecule has 7 heteroatoms. The van der Waals surface area contributed by atoms with Crippen molar-refractivity contribution >= 4 is 51.2 Å². The smallest absolute Gasteiger partial charge is 0.271 e. The first-order valence-electron chi connectivity index (χ1n) is 9.55. The first kappa shape index (κ1) is 19.4. The maximum Gasteiger partial charge on any atom is 0.271 e. The fourth-order valence-electron chi connectivity index (χ4n) is 3.48. The molecule has 0 saturated carbocycles. The number of hydrogen-bond donors (Lipinski definition) is 0. The van der Waals surface area contributed by atoms with Gasteiger partial charge in [0.2, 0.25) is 0 Å². The van der Waals surface area contributed by atoms with Crippen LogP contribution in [-0.4, -0.2) is 11.6 Å². The van der Waals surface area contributed by atoms with Crippen LogP contribution < -0.4 is 24.2 Å².